The van der Waals surface area contributed by atoms with Crippen LogP contribution in [0.4, 0.5) is 30.5 Å². The molecule has 0 saturated heterocycles. The van der Waals surface area contributed by atoms with E-state index in [-0.39, 0.29) is 11.6 Å². The molecule has 0 N–H and O–H groups in total. The number of nitrogens with zero attached hydrogens (tertiary/aromatic N) is 4. The van der Waals surface area contributed by atoms with Crippen LogP contribution >= 0.6 is 0 Å². The summed E-state index contributed by atoms with van der Waals surface area (Å²) in [4.78, 5) is 19.2. The second-order valence-electron chi connectivity index (χ2n) is 6.43. The molecule has 0 saturated carbocycles. The molecule has 0 atom stereocenters. The minimum Gasteiger partial charge on any atom is -0.471 e. The largest absolute Gasteiger partial charge is 0.471 e. The van der Waals surface area contributed by atoms with E-state index in [2.05, 4.69) is 9.97 Å². The zero-order valence-electron chi connectivity index (χ0n) is 14.5. The Kier molecular flexibility index (Phi) is 5.06. The average Bonchev–Trinajstić information content (AvgIpc) is 2.51. The van der Waals surface area contributed by atoms with E-state index in [1.54, 1.807) is 20.8 Å². The summed E-state index contributed by atoms with van der Waals surface area (Å²) in [5.41, 5.74) is -1.60. The molecule has 1 aromatic carbocycles. The number of alkyl halides is 3. The number of anilines is 2. The third kappa shape index (κ3) is 4.58. The number of benzene rings is 1. The van der Waals surface area contributed by atoms with Crippen molar-refractivity contribution in [3.63, 3.8) is 0 Å². The summed E-state index contributed by atoms with van der Waals surface area (Å²) in [7, 11) is 1.53. The summed E-state index contributed by atoms with van der Waals surface area (Å²) in [5, 5.41) is 10.7. The fraction of sp³-hybridized carbons (Fsp3) is 0.375. The van der Waals surface area contributed by atoms with Crippen molar-refractivity contribution in [2.75, 3.05) is 11.9 Å². The maximum Gasteiger partial charge on any atom is 0.423 e. The zero-order valence-corrected chi connectivity index (χ0v) is 14.5. The fourth-order valence-corrected chi connectivity index (χ4v) is 1.99. The van der Waals surface area contributed by atoms with E-state index in [9.17, 15) is 23.3 Å². The van der Waals surface area contributed by atoms with E-state index in [0.717, 1.165) is 0 Å². The Morgan fingerprint density at radius 1 is 1.15 bits per heavy atom. The third-order valence-corrected chi connectivity index (χ3v) is 3.20. The Balaban J connectivity index is 2.42. The quantitative estimate of drug-likeness (QED) is 0.588. The van der Waals surface area contributed by atoms with E-state index >= 15 is 0 Å². The maximum absolute atomic E-state index is 13.2. The van der Waals surface area contributed by atoms with Gasteiger partial charge < -0.3 is 9.64 Å². The monoisotopic (exact) mass is 370 g/mol. The highest BCUT2D eigenvalue weighted by molar-refractivity contribution is 5.58. The van der Waals surface area contributed by atoms with Crippen molar-refractivity contribution >= 4 is 17.3 Å². The van der Waals surface area contributed by atoms with Crippen LogP contribution in [0.1, 0.15) is 26.3 Å². The molecular formula is C16H17F3N4O3. The van der Waals surface area contributed by atoms with Gasteiger partial charge in [-0.1, -0.05) is 0 Å². The van der Waals surface area contributed by atoms with Crippen molar-refractivity contribution in [2.24, 2.45) is 0 Å². The highest BCUT2D eigenvalue weighted by Crippen LogP contribution is 2.37. The standard InChI is InChI=1S/C16H17F3N4O3/c1-15(2,3)26-13-12(16(17,18)19)9-20-14(21-13)22(4)10-5-7-11(8-6-10)23(24)25/h5-9H,1-4H3. The number of hydrogen-bond acceptors (Lipinski definition) is 6. The van der Waals surface area contributed by atoms with Gasteiger partial charge in [-0.05, 0) is 32.9 Å². The topological polar surface area (TPSA) is 81.4 Å². The van der Waals surface area contributed by atoms with Crippen molar-refractivity contribution in [3.8, 4) is 5.88 Å². The van der Waals surface area contributed by atoms with Crippen LogP contribution in [0, 0.1) is 10.1 Å². The Hall–Kier alpha value is -2.91. The molecule has 0 radical (unpaired) electrons. The summed E-state index contributed by atoms with van der Waals surface area (Å²) in [6.07, 6.45) is -4.00. The lowest BCUT2D eigenvalue weighted by molar-refractivity contribution is -0.384. The average molecular weight is 370 g/mol. The van der Waals surface area contributed by atoms with Crippen LogP contribution in [0.25, 0.3) is 0 Å². The normalized spacial score (nSPS) is 12.0. The number of aromatic nitrogens is 2. The summed E-state index contributed by atoms with van der Waals surface area (Å²) in [6.45, 7) is 4.82. The molecule has 0 unspecified atom stereocenters. The van der Waals surface area contributed by atoms with Crippen molar-refractivity contribution < 1.29 is 22.8 Å². The highest BCUT2D eigenvalue weighted by atomic mass is 19.4. The predicted molar refractivity (Wildman–Crippen MR) is 88.6 cm³/mol. The van der Waals surface area contributed by atoms with Gasteiger partial charge in [-0.25, -0.2) is 4.98 Å². The van der Waals surface area contributed by atoms with Gasteiger partial charge in [0, 0.05) is 31.1 Å². The summed E-state index contributed by atoms with van der Waals surface area (Å²) >= 11 is 0. The van der Waals surface area contributed by atoms with Gasteiger partial charge >= 0.3 is 6.18 Å². The molecule has 0 bridgehead atoms. The van der Waals surface area contributed by atoms with Gasteiger partial charge in [-0.3, -0.25) is 10.1 Å². The first-order valence-corrected chi connectivity index (χ1v) is 7.50. The Bertz CT molecular complexity index is 802. The first-order valence-electron chi connectivity index (χ1n) is 7.50. The molecule has 26 heavy (non-hydrogen) atoms. The number of hydrogen-bond donors (Lipinski definition) is 0. The van der Waals surface area contributed by atoms with Crippen LogP contribution in [-0.4, -0.2) is 27.5 Å². The van der Waals surface area contributed by atoms with E-state index in [4.69, 9.17) is 4.74 Å². The molecule has 1 heterocycles. The van der Waals surface area contributed by atoms with E-state index < -0.39 is 28.1 Å². The smallest absolute Gasteiger partial charge is 0.423 e. The van der Waals surface area contributed by atoms with E-state index in [0.29, 0.717) is 11.9 Å². The van der Waals surface area contributed by atoms with E-state index in [1.807, 2.05) is 0 Å². The van der Waals surface area contributed by atoms with Gasteiger partial charge in [0.1, 0.15) is 11.2 Å². The van der Waals surface area contributed by atoms with E-state index in [1.165, 1.54) is 36.2 Å². The second-order valence-corrected chi connectivity index (χ2v) is 6.43. The highest BCUT2D eigenvalue weighted by Gasteiger charge is 2.37. The summed E-state index contributed by atoms with van der Waals surface area (Å²) in [6, 6.07) is 5.46. The lowest BCUT2D eigenvalue weighted by Gasteiger charge is -2.24. The molecule has 140 valence electrons. The minimum atomic E-state index is -4.66. The van der Waals surface area contributed by atoms with Crippen LogP contribution in [0.3, 0.4) is 0 Å². The molecule has 2 aromatic rings. The first kappa shape index (κ1) is 19.4. The molecule has 0 amide bonds. The molecule has 0 spiro atoms. The lowest BCUT2D eigenvalue weighted by atomic mass is 10.2. The van der Waals surface area contributed by atoms with Gasteiger partial charge in [0.2, 0.25) is 11.8 Å². The molecular weight excluding hydrogens is 353 g/mol. The van der Waals surface area contributed by atoms with Crippen LogP contribution in [-0.2, 0) is 6.18 Å². The molecule has 2 rings (SSSR count). The summed E-state index contributed by atoms with van der Waals surface area (Å²) in [5.74, 6) is -0.616. The molecule has 0 aliphatic carbocycles. The number of nitro groups is 1. The molecule has 0 aliphatic heterocycles. The molecule has 0 fully saturated rings. The predicted octanol–water partition coefficient (Wildman–Crippen LogP) is 4.35. The number of rotatable bonds is 4. The van der Waals surface area contributed by atoms with Crippen molar-refractivity contribution in [3.05, 3.63) is 46.1 Å². The van der Waals surface area contributed by atoms with Crippen molar-refractivity contribution in [1.82, 2.24) is 9.97 Å². The SMILES string of the molecule is CN(c1ccc([N+](=O)[O-])cc1)c1ncc(C(F)(F)F)c(OC(C)(C)C)n1. The van der Waals surface area contributed by atoms with Crippen LogP contribution in [0.2, 0.25) is 0 Å². The minimum absolute atomic E-state index is 0.0360. The number of nitro benzene ring substituents is 1. The Morgan fingerprint density at radius 2 is 1.73 bits per heavy atom. The molecule has 1 aromatic heterocycles. The number of ether oxygens (including phenoxy) is 1. The van der Waals surface area contributed by atoms with Crippen molar-refractivity contribution in [2.45, 2.75) is 32.5 Å². The molecule has 7 nitrogen and oxygen atoms in total. The number of non-ortho nitro benzene ring substituents is 1. The first-order chi connectivity index (χ1) is 11.9. The number of halogens is 3. The third-order valence-electron chi connectivity index (χ3n) is 3.20. The van der Waals surface area contributed by atoms with Crippen molar-refractivity contribution in [1.29, 1.82) is 0 Å². The Morgan fingerprint density at radius 3 is 2.19 bits per heavy atom. The Labute approximate surface area is 147 Å². The van der Waals surface area contributed by atoms with Gasteiger partial charge in [-0.2, -0.15) is 18.2 Å². The van der Waals surface area contributed by atoms with Crippen LogP contribution in [0.5, 0.6) is 5.88 Å². The lowest BCUT2D eigenvalue weighted by Crippen LogP contribution is -2.26. The maximum atomic E-state index is 13.2. The molecule has 0 aliphatic rings. The van der Waals surface area contributed by atoms with Gasteiger partial charge in [0.05, 0.1) is 4.92 Å². The molecule has 10 heteroatoms. The van der Waals surface area contributed by atoms with Crippen LogP contribution < -0.4 is 9.64 Å². The fourth-order valence-electron chi connectivity index (χ4n) is 1.99. The van der Waals surface area contributed by atoms with Crippen LogP contribution in [0.15, 0.2) is 30.5 Å². The zero-order chi connectivity index (χ0) is 19.7. The van der Waals surface area contributed by atoms with Gasteiger partial charge in [0.15, 0.2) is 0 Å². The van der Waals surface area contributed by atoms with Gasteiger partial charge in [-0.15, -0.1) is 0 Å². The van der Waals surface area contributed by atoms with Gasteiger partial charge in [0.25, 0.3) is 5.69 Å². The summed E-state index contributed by atoms with van der Waals surface area (Å²) < 4.78 is 44.8. The second kappa shape index (κ2) is 6.77.